The van der Waals surface area contributed by atoms with Crippen LogP contribution in [-0.4, -0.2) is 0 Å². The van der Waals surface area contributed by atoms with E-state index in [1.807, 2.05) is 0 Å². The first-order chi connectivity index (χ1) is 35.0. The molecule has 0 heterocycles. The number of rotatable bonds is 15. The molecule has 4 aromatic carbocycles. The normalized spacial score (nSPS) is 17.7. The Kier molecular flexibility index (Phi) is 18.2. The predicted octanol–water partition coefficient (Wildman–Crippen LogP) is 22.2. The van der Waals surface area contributed by atoms with Crippen molar-refractivity contribution in [1.29, 1.82) is 0 Å². The molecule has 0 saturated heterocycles. The second-order valence-electron chi connectivity index (χ2n) is 22.5. The summed E-state index contributed by atoms with van der Waals surface area (Å²) in [5.74, 6) is -7.56. The Morgan fingerprint density at radius 2 is 0.468 bits per heavy atom. The molecule has 0 spiro atoms. The summed E-state index contributed by atoms with van der Waals surface area (Å²) in [6.07, 6.45) is -44.9. The lowest BCUT2D eigenvalue weighted by atomic mass is 9.45. The average molecular weight is 1170 g/mol. The van der Waals surface area contributed by atoms with Gasteiger partial charge >= 0.3 is 49.4 Å². The van der Waals surface area contributed by atoms with Crippen LogP contribution in [0, 0.1) is 27.6 Å². The first-order valence-electron chi connectivity index (χ1n) is 24.2. The summed E-state index contributed by atoms with van der Waals surface area (Å²) in [4.78, 5) is 0. The van der Waals surface area contributed by atoms with Gasteiger partial charge in [-0.2, -0.15) is 105 Å². The molecule has 444 valence electrons. The van der Waals surface area contributed by atoms with Crippen LogP contribution < -0.4 is 0 Å². The van der Waals surface area contributed by atoms with Gasteiger partial charge in [0, 0.05) is 0 Å². The summed E-state index contributed by atoms with van der Waals surface area (Å²) < 4.78 is 345. The van der Waals surface area contributed by atoms with Crippen molar-refractivity contribution in [2.45, 2.75) is 169 Å². The minimum atomic E-state index is -5.51. The summed E-state index contributed by atoms with van der Waals surface area (Å²) in [5.41, 5.74) is -24.4. The molecule has 0 aliphatic rings. The van der Waals surface area contributed by atoms with Gasteiger partial charge in [0.15, 0.2) is 0 Å². The lowest BCUT2D eigenvalue weighted by Gasteiger charge is -2.59. The van der Waals surface area contributed by atoms with Gasteiger partial charge in [0.25, 0.3) is 0 Å². The molecule has 0 nitrogen and oxygen atoms in total. The van der Waals surface area contributed by atoms with Crippen LogP contribution in [0.2, 0.25) is 0 Å². The molecule has 0 aliphatic heterocycles. The van der Waals surface area contributed by atoms with E-state index in [1.165, 1.54) is 62.3 Å². The molecule has 0 fully saturated rings. The van der Waals surface area contributed by atoms with E-state index in [0.717, 1.165) is 13.8 Å². The molecule has 0 aromatic heterocycles. The molecule has 0 amide bonds. The van der Waals surface area contributed by atoms with Gasteiger partial charge in [-0.1, -0.05) is 76.2 Å². The van der Waals surface area contributed by atoms with Crippen molar-refractivity contribution in [1.82, 2.24) is 0 Å². The average Bonchev–Trinajstić information content (AvgIpc) is 3.28. The number of alkyl halides is 24. The topological polar surface area (TPSA) is 0 Å². The van der Waals surface area contributed by atoms with Crippen molar-refractivity contribution in [3.8, 4) is 0 Å². The maximum absolute atomic E-state index is 14.6. The van der Waals surface area contributed by atoms with E-state index in [4.69, 9.17) is 0 Å². The Labute approximate surface area is 440 Å². The van der Waals surface area contributed by atoms with Crippen molar-refractivity contribution in [3.05, 3.63) is 140 Å². The molecule has 0 N–H and O–H groups in total. The van der Waals surface area contributed by atoms with Crippen LogP contribution in [0.3, 0.4) is 0 Å². The van der Waals surface area contributed by atoms with E-state index >= 15 is 0 Å². The van der Waals surface area contributed by atoms with Crippen LogP contribution >= 0.6 is 0 Å². The van der Waals surface area contributed by atoms with Crippen molar-refractivity contribution in [2.24, 2.45) is 27.6 Å². The lowest BCUT2D eigenvalue weighted by Crippen LogP contribution is -2.50. The third-order valence-corrected chi connectivity index (χ3v) is 17.0. The van der Waals surface area contributed by atoms with Crippen LogP contribution in [0.5, 0.6) is 0 Å². The van der Waals surface area contributed by atoms with Crippen molar-refractivity contribution in [2.75, 3.05) is 0 Å². The molecule has 4 aromatic rings. The van der Waals surface area contributed by atoms with Crippen molar-refractivity contribution >= 4 is 0 Å². The van der Waals surface area contributed by atoms with Crippen molar-refractivity contribution in [3.63, 3.8) is 0 Å². The Morgan fingerprint density at radius 1 is 0.266 bits per heavy atom. The highest BCUT2D eigenvalue weighted by molar-refractivity contribution is 5.41. The van der Waals surface area contributed by atoms with Crippen LogP contribution in [0.25, 0.3) is 0 Å². The quantitative estimate of drug-likeness (QED) is 0.104. The summed E-state index contributed by atoms with van der Waals surface area (Å²) in [7, 11) is 0. The fourth-order valence-corrected chi connectivity index (χ4v) is 10.9. The number of benzene rings is 4. The van der Waals surface area contributed by atoms with Gasteiger partial charge < -0.3 is 0 Å². The first kappa shape index (κ1) is 66.7. The van der Waals surface area contributed by atoms with Crippen molar-refractivity contribution < 1.29 is 105 Å². The smallest absolute Gasteiger partial charge is 0.166 e. The van der Waals surface area contributed by atoms with Crippen LogP contribution in [0.4, 0.5) is 105 Å². The molecular formula is C55H56F24. The standard InChI is InChI=1S/C55H56F24/c1-27(26-45(8,9)29(3)33-16-38(50(62,63)64)23-39(17-33)51(65,66)67)47(11,31(5)35-20-42(54(74,75)76)25-43(21-35)55(77,78)79)46(10,30(4)34-18-40(52(68,69)70)24-41(19-34)53(71,72)73)13-12-44(6,7)28(2)32-14-36(48(56,57)58)22-37(15-32)49(59,60)61/h14-25,27-31H,12-13,26H2,1-11H3. The first-order valence-corrected chi connectivity index (χ1v) is 24.2. The van der Waals surface area contributed by atoms with Crippen LogP contribution in [0.1, 0.15) is 186 Å². The molecule has 79 heavy (non-hydrogen) atoms. The zero-order valence-electron chi connectivity index (χ0n) is 44.0. The van der Waals surface area contributed by atoms with Gasteiger partial charge in [0.05, 0.1) is 44.5 Å². The summed E-state index contributed by atoms with van der Waals surface area (Å²) in [6.45, 7) is 13.8. The Hall–Kier alpha value is -4.80. The lowest BCUT2D eigenvalue weighted by molar-refractivity contribution is -0.145. The maximum Gasteiger partial charge on any atom is 0.416 e. The minimum Gasteiger partial charge on any atom is -0.166 e. The third kappa shape index (κ3) is 14.8. The molecule has 24 heteroatoms. The number of hydrogen-bond acceptors (Lipinski definition) is 0. The van der Waals surface area contributed by atoms with E-state index in [0.29, 0.717) is 48.5 Å². The SMILES string of the molecule is CC(c1cc(C(F)(F)F)cc(C(F)(F)F)c1)C(C)(C)CCC(C)(C(C)c1cc(C(F)(F)F)cc(C(F)(F)F)c1)C(C)(C(C)CC(C)(C)C(C)c1cc(C(F)(F)F)cc(C(F)(F)F)c1)C(C)c1cc(C(F)(F)F)cc(C(F)(F)F)c1. The summed E-state index contributed by atoms with van der Waals surface area (Å²) in [6, 6.07) is 2.27. The second-order valence-corrected chi connectivity index (χ2v) is 22.5. The largest absolute Gasteiger partial charge is 0.416 e. The van der Waals surface area contributed by atoms with E-state index < -0.39 is 187 Å². The Morgan fingerprint density at radius 3 is 0.696 bits per heavy atom. The highest BCUT2D eigenvalue weighted by Crippen LogP contribution is 2.66. The third-order valence-electron chi connectivity index (χ3n) is 17.0. The molecule has 0 saturated carbocycles. The van der Waals surface area contributed by atoms with Gasteiger partial charge in [-0.25, -0.2) is 0 Å². The fraction of sp³-hybridized carbons (Fsp3) is 0.564. The molecule has 0 bridgehead atoms. The monoisotopic (exact) mass is 1170 g/mol. The van der Waals surface area contributed by atoms with Gasteiger partial charge in [-0.15, -0.1) is 0 Å². The van der Waals surface area contributed by atoms with Crippen LogP contribution in [-0.2, 0) is 49.4 Å². The van der Waals surface area contributed by atoms with E-state index in [9.17, 15) is 105 Å². The molecule has 7 unspecified atom stereocenters. The molecule has 0 radical (unpaired) electrons. The number of halogens is 24. The number of hydrogen-bond donors (Lipinski definition) is 0. The predicted molar refractivity (Wildman–Crippen MR) is 246 cm³/mol. The molecule has 7 atom stereocenters. The van der Waals surface area contributed by atoms with E-state index in [1.54, 1.807) is 0 Å². The molecule has 0 aliphatic carbocycles. The second kappa shape index (κ2) is 21.5. The minimum absolute atomic E-state index is 0.149. The zero-order chi connectivity index (χ0) is 61.4. The van der Waals surface area contributed by atoms with E-state index in [2.05, 4.69) is 0 Å². The molecular weight excluding hydrogens is 1120 g/mol. The Balaban J connectivity index is 2.19. The maximum atomic E-state index is 14.6. The summed E-state index contributed by atoms with van der Waals surface area (Å²) >= 11 is 0. The Bertz CT molecular complexity index is 2640. The molecule has 4 rings (SSSR count). The highest BCUT2D eigenvalue weighted by Gasteiger charge is 2.57. The fourth-order valence-electron chi connectivity index (χ4n) is 10.9. The highest BCUT2D eigenvalue weighted by atomic mass is 19.4. The summed E-state index contributed by atoms with van der Waals surface area (Å²) in [5, 5.41) is 0. The van der Waals surface area contributed by atoms with Gasteiger partial charge in [-0.05, 0) is 166 Å². The van der Waals surface area contributed by atoms with Crippen LogP contribution in [0.15, 0.2) is 72.8 Å². The van der Waals surface area contributed by atoms with Gasteiger partial charge in [0.2, 0.25) is 0 Å². The van der Waals surface area contributed by atoms with Gasteiger partial charge in [0.1, 0.15) is 0 Å². The van der Waals surface area contributed by atoms with Gasteiger partial charge in [-0.3, -0.25) is 0 Å². The van der Waals surface area contributed by atoms with E-state index in [-0.39, 0.29) is 24.3 Å². The zero-order valence-corrected chi connectivity index (χ0v) is 44.0.